The maximum absolute atomic E-state index is 6.02. The quantitative estimate of drug-likeness (QED) is 0.792. The van der Waals surface area contributed by atoms with Crippen molar-refractivity contribution < 1.29 is 0 Å². The highest BCUT2D eigenvalue weighted by Crippen LogP contribution is 2.26. The fourth-order valence-corrected chi connectivity index (χ4v) is 3.18. The largest absolute Gasteiger partial charge is 0.308 e. The van der Waals surface area contributed by atoms with Gasteiger partial charge < -0.3 is 4.57 Å². The van der Waals surface area contributed by atoms with Crippen LogP contribution in [0.15, 0.2) is 0 Å². The number of halogens is 1. The third kappa shape index (κ3) is 2.26. The van der Waals surface area contributed by atoms with Crippen LogP contribution < -0.4 is 0 Å². The van der Waals surface area contributed by atoms with Gasteiger partial charge in [0, 0.05) is 18.8 Å². The molecule has 0 aliphatic carbocycles. The lowest BCUT2D eigenvalue weighted by molar-refractivity contribution is 0.584. The molecule has 0 aliphatic heterocycles. The molecule has 0 amide bonds. The highest BCUT2D eigenvalue weighted by molar-refractivity contribution is 7.99. The fraction of sp³-hybridized carbons (Fsp3) is 0.667. The van der Waals surface area contributed by atoms with Crippen LogP contribution in [0.2, 0.25) is 0 Å². The molecule has 100 valence electrons. The van der Waals surface area contributed by atoms with E-state index in [4.69, 9.17) is 11.6 Å². The predicted molar refractivity (Wildman–Crippen MR) is 78.5 cm³/mol. The first-order chi connectivity index (χ1) is 8.60. The number of alkyl halides is 1. The van der Waals surface area contributed by atoms with Crippen molar-refractivity contribution in [3.05, 3.63) is 11.5 Å². The van der Waals surface area contributed by atoms with Crippen molar-refractivity contribution in [2.75, 3.05) is 11.5 Å². The van der Waals surface area contributed by atoms with Crippen LogP contribution in [-0.4, -0.2) is 30.8 Å². The van der Waals surface area contributed by atoms with Crippen LogP contribution in [0.4, 0.5) is 0 Å². The topological polar surface area (TPSA) is 35.6 Å². The van der Waals surface area contributed by atoms with Gasteiger partial charge in [0.2, 0.25) is 0 Å². The van der Waals surface area contributed by atoms with E-state index in [1.807, 2.05) is 30.4 Å². The van der Waals surface area contributed by atoms with E-state index in [0.717, 1.165) is 34.2 Å². The molecule has 0 spiro atoms. The lowest BCUT2D eigenvalue weighted by Crippen LogP contribution is -2.13. The molecule has 1 unspecified atom stereocenters. The summed E-state index contributed by atoms with van der Waals surface area (Å²) in [5.74, 6) is 3.57. The lowest BCUT2D eigenvalue weighted by atomic mass is 10.3. The van der Waals surface area contributed by atoms with Crippen molar-refractivity contribution in [1.82, 2.24) is 19.3 Å². The number of fused-ring (bicyclic) bond motifs is 1. The molecule has 0 fully saturated rings. The van der Waals surface area contributed by atoms with Gasteiger partial charge in [0.05, 0.1) is 11.6 Å². The van der Waals surface area contributed by atoms with E-state index in [-0.39, 0.29) is 0 Å². The molecule has 2 rings (SSSR count). The van der Waals surface area contributed by atoms with E-state index in [0.29, 0.717) is 11.9 Å². The number of rotatable bonds is 5. The zero-order valence-corrected chi connectivity index (χ0v) is 12.8. The van der Waals surface area contributed by atoms with Gasteiger partial charge in [-0.05, 0) is 19.6 Å². The Kier molecular flexibility index (Phi) is 4.22. The van der Waals surface area contributed by atoms with Crippen molar-refractivity contribution >= 4 is 34.5 Å². The van der Waals surface area contributed by atoms with Gasteiger partial charge in [-0.2, -0.15) is 16.9 Å². The molecule has 2 aromatic heterocycles. The van der Waals surface area contributed by atoms with Gasteiger partial charge in [0.1, 0.15) is 11.3 Å². The Hall–Kier alpha value is -0.680. The highest BCUT2D eigenvalue weighted by atomic mass is 35.5. The second kappa shape index (κ2) is 5.53. The van der Waals surface area contributed by atoms with Crippen LogP contribution in [0, 0.1) is 6.92 Å². The average molecular weight is 287 g/mol. The summed E-state index contributed by atoms with van der Waals surface area (Å²) < 4.78 is 4.13. The molecular weight excluding hydrogens is 268 g/mol. The van der Waals surface area contributed by atoms with Gasteiger partial charge in [-0.25, -0.2) is 4.98 Å². The van der Waals surface area contributed by atoms with Crippen molar-refractivity contribution in [1.29, 1.82) is 0 Å². The van der Waals surface area contributed by atoms with Gasteiger partial charge in [0.15, 0.2) is 5.65 Å². The van der Waals surface area contributed by atoms with Crippen molar-refractivity contribution in [2.45, 2.75) is 32.7 Å². The molecule has 0 bridgehead atoms. The molecule has 2 heterocycles. The molecule has 0 aliphatic rings. The standard InChI is InChI=1S/C12H19ClN4S/c1-5-18-7-8(2)17-10(6-13)14-11-9(3)15-16(4)12(11)17/h8H,5-7H2,1-4H3. The van der Waals surface area contributed by atoms with Crippen LogP contribution in [0.5, 0.6) is 0 Å². The number of aryl methyl sites for hydroxylation is 2. The van der Waals surface area contributed by atoms with Gasteiger partial charge in [-0.1, -0.05) is 6.92 Å². The Labute approximate surface area is 117 Å². The molecule has 0 saturated carbocycles. The summed E-state index contributed by atoms with van der Waals surface area (Å²) in [6.45, 7) is 6.38. The lowest BCUT2D eigenvalue weighted by Gasteiger charge is -2.16. The summed E-state index contributed by atoms with van der Waals surface area (Å²) >= 11 is 7.96. The summed E-state index contributed by atoms with van der Waals surface area (Å²) in [7, 11) is 1.96. The maximum atomic E-state index is 6.02. The Morgan fingerprint density at radius 1 is 1.44 bits per heavy atom. The molecule has 0 N–H and O–H groups in total. The van der Waals surface area contributed by atoms with Gasteiger partial charge in [-0.3, -0.25) is 4.68 Å². The fourth-order valence-electron chi connectivity index (χ4n) is 2.26. The molecule has 1 atom stereocenters. The molecular formula is C12H19ClN4S. The number of imidazole rings is 1. The third-order valence-electron chi connectivity index (χ3n) is 3.03. The van der Waals surface area contributed by atoms with E-state index in [2.05, 4.69) is 28.5 Å². The maximum Gasteiger partial charge on any atom is 0.158 e. The molecule has 18 heavy (non-hydrogen) atoms. The molecule has 0 aromatic carbocycles. The minimum Gasteiger partial charge on any atom is -0.308 e. The van der Waals surface area contributed by atoms with E-state index in [9.17, 15) is 0 Å². The Morgan fingerprint density at radius 3 is 2.78 bits per heavy atom. The first-order valence-electron chi connectivity index (χ1n) is 6.14. The number of hydrogen-bond acceptors (Lipinski definition) is 3. The van der Waals surface area contributed by atoms with Crippen molar-refractivity contribution in [3.8, 4) is 0 Å². The number of aromatic nitrogens is 4. The number of nitrogens with zero attached hydrogens (tertiary/aromatic N) is 4. The first kappa shape index (κ1) is 13.7. The van der Waals surface area contributed by atoms with E-state index >= 15 is 0 Å². The van der Waals surface area contributed by atoms with Crippen LogP contribution in [0.3, 0.4) is 0 Å². The zero-order valence-electron chi connectivity index (χ0n) is 11.3. The van der Waals surface area contributed by atoms with Crippen molar-refractivity contribution in [2.24, 2.45) is 7.05 Å². The third-order valence-corrected chi connectivity index (χ3v) is 4.40. The number of hydrogen-bond donors (Lipinski definition) is 0. The predicted octanol–water partition coefficient (Wildman–Crippen LogP) is 3.13. The van der Waals surface area contributed by atoms with Gasteiger partial charge in [-0.15, -0.1) is 11.6 Å². The monoisotopic (exact) mass is 286 g/mol. The van der Waals surface area contributed by atoms with E-state index < -0.39 is 0 Å². The first-order valence-corrected chi connectivity index (χ1v) is 7.83. The second-order valence-electron chi connectivity index (χ2n) is 4.42. The van der Waals surface area contributed by atoms with Crippen LogP contribution in [0.1, 0.15) is 31.4 Å². The minimum atomic E-state index is 0.378. The van der Waals surface area contributed by atoms with E-state index in [1.54, 1.807) is 0 Å². The normalized spacial score (nSPS) is 13.4. The van der Waals surface area contributed by atoms with Crippen LogP contribution in [-0.2, 0) is 12.9 Å². The van der Waals surface area contributed by atoms with E-state index in [1.165, 1.54) is 0 Å². The average Bonchev–Trinajstić information content (AvgIpc) is 2.85. The zero-order chi connectivity index (χ0) is 13.3. The molecule has 6 heteroatoms. The summed E-state index contributed by atoms with van der Waals surface area (Å²) in [6.07, 6.45) is 0. The molecule has 2 aromatic rings. The highest BCUT2D eigenvalue weighted by Gasteiger charge is 2.20. The summed E-state index contributed by atoms with van der Waals surface area (Å²) in [5, 5.41) is 4.43. The summed E-state index contributed by atoms with van der Waals surface area (Å²) in [4.78, 5) is 4.62. The van der Waals surface area contributed by atoms with Crippen LogP contribution in [0.25, 0.3) is 11.2 Å². The molecule has 4 nitrogen and oxygen atoms in total. The Morgan fingerprint density at radius 2 is 2.17 bits per heavy atom. The summed E-state index contributed by atoms with van der Waals surface area (Å²) in [5.41, 5.74) is 3.02. The smallest absolute Gasteiger partial charge is 0.158 e. The molecule has 0 radical (unpaired) electrons. The SMILES string of the molecule is CCSCC(C)n1c(CCl)nc2c(C)nn(C)c21. The second-order valence-corrected chi connectivity index (χ2v) is 6.01. The number of thioether (sulfide) groups is 1. The van der Waals surface area contributed by atoms with Crippen molar-refractivity contribution in [3.63, 3.8) is 0 Å². The van der Waals surface area contributed by atoms with Gasteiger partial charge >= 0.3 is 0 Å². The van der Waals surface area contributed by atoms with Gasteiger partial charge in [0.25, 0.3) is 0 Å². The summed E-state index contributed by atoms with van der Waals surface area (Å²) in [6, 6.07) is 0.378. The Balaban J connectivity index is 2.52. The van der Waals surface area contributed by atoms with Crippen LogP contribution >= 0.6 is 23.4 Å². The molecule has 0 saturated heterocycles. The minimum absolute atomic E-state index is 0.378. The Bertz CT molecular complexity index is 546.